The SMILES string of the molecule is CC(C)CC(N)C(=O)N=S(=O)(NC(=O)C(CC(=O)O)N(C)C)c1cc(Cl)cs1. The third-order valence-corrected chi connectivity index (χ3v) is 7.22. The summed E-state index contributed by atoms with van der Waals surface area (Å²) in [6.07, 6.45) is -0.184. The maximum absolute atomic E-state index is 13.4. The van der Waals surface area contributed by atoms with E-state index in [1.54, 1.807) is 0 Å². The summed E-state index contributed by atoms with van der Waals surface area (Å²) < 4.78 is 19.5. The highest BCUT2D eigenvalue weighted by molar-refractivity contribution is 7.94. The number of nitrogens with two attached hydrogens (primary N) is 1. The summed E-state index contributed by atoms with van der Waals surface area (Å²) in [6.45, 7) is 3.75. The molecule has 0 bridgehead atoms. The Balaban J connectivity index is 3.31. The van der Waals surface area contributed by atoms with Crippen LogP contribution in [0.25, 0.3) is 0 Å². The average Bonchev–Trinajstić information content (AvgIpc) is 2.98. The number of amides is 2. The average molecular weight is 453 g/mol. The molecule has 1 heterocycles. The van der Waals surface area contributed by atoms with Gasteiger partial charge in [0, 0.05) is 5.38 Å². The van der Waals surface area contributed by atoms with Crippen LogP contribution >= 0.6 is 22.9 Å². The summed E-state index contributed by atoms with van der Waals surface area (Å²) in [6, 6.07) is -0.748. The number of carbonyl (C=O) groups excluding carboxylic acids is 2. The molecule has 12 heteroatoms. The fourth-order valence-corrected chi connectivity index (χ4v) is 5.33. The van der Waals surface area contributed by atoms with Gasteiger partial charge in [-0.25, -0.2) is 4.21 Å². The largest absolute Gasteiger partial charge is 0.481 e. The van der Waals surface area contributed by atoms with Crippen LogP contribution in [0, 0.1) is 5.92 Å². The minimum absolute atomic E-state index is 0.0729. The minimum Gasteiger partial charge on any atom is -0.481 e. The van der Waals surface area contributed by atoms with Crippen LogP contribution in [0.1, 0.15) is 26.7 Å². The third kappa shape index (κ3) is 7.13. The maximum atomic E-state index is 13.4. The van der Waals surface area contributed by atoms with Crippen molar-refractivity contribution in [3.05, 3.63) is 16.5 Å². The molecule has 0 aliphatic rings. The molecule has 2 amide bonds. The fraction of sp³-hybridized carbons (Fsp3) is 0.562. The molecule has 158 valence electrons. The molecular formula is C16H25ClN4O5S2. The summed E-state index contributed by atoms with van der Waals surface area (Å²) in [5, 5.41) is 10.8. The Labute approximate surface area is 173 Å². The second-order valence-electron chi connectivity index (χ2n) is 6.82. The van der Waals surface area contributed by atoms with Gasteiger partial charge in [0.15, 0.2) is 9.92 Å². The molecule has 0 spiro atoms. The minimum atomic E-state index is -3.73. The van der Waals surface area contributed by atoms with Gasteiger partial charge in [0.05, 0.1) is 17.5 Å². The monoisotopic (exact) mass is 452 g/mol. The number of likely N-dealkylation sites (N-methyl/N-ethyl adjacent to an activating group) is 1. The summed E-state index contributed by atoms with van der Waals surface area (Å²) in [4.78, 5) is 37.4. The Bertz CT molecular complexity index is 846. The van der Waals surface area contributed by atoms with Gasteiger partial charge in [-0.15, -0.1) is 15.7 Å². The first-order valence-electron chi connectivity index (χ1n) is 8.36. The molecule has 9 nitrogen and oxygen atoms in total. The zero-order chi connectivity index (χ0) is 21.6. The number of hydrogen-bond donors (Lipinski definition) is 3. The lowest BCUT2D eigenvalue weighted by Crippen LogP contribution is -2.47. The molecule has 4 N–H and O–H groups in total. The van der Waals surface area contributed by atoms with Gasteiger partial charge in [-0.1, -0.05) is 25.4 Å². The van der Waals surface area contributed by atoms with Crippen LogP contribution in [0.4, 0.5) is 0 Å². The standard InChI is InChI=1S/C16H25ClN4O5S2/c1-9(2)5-11(18)15(24)19-28(26,14-6-10(17)8-27-14)20-16(25)12(21(3)4)7-13(22)23/h6,8-9,11-12H,5,7,18H2,1-4H3,(H,22,23)(H,19,20,24,25,26). The predicted molar refractivity (Wildman–Crippen MR) is 108 cm³/mol. The first-order valence-corrected chi connectivity index (χ1v) is 11.1. The van der Waals surface area contributed by atoms with Gasteiger partial charge in [0.25, 0.3) is 5.91 Å². The topological polar surface area (TPSA) is 142 Å². The van der Waals surface area contributed by atoms with Crippen LogP contribution in [-0.4, -0.2) is 58.2 Å². The van der Waals surface area contributed by atoms with Crippen LogP contribution < -0.4 is 10.5 Å². The van der Waals surface area contributed by atoms with Crippen LogP contribution in [0.15, 0.2) is 20.0 Å². The zero-order valence-electron chi connectivity index (χ0n) is 16.0. The molecule has 3 atom stereocenters. The van der Waals surface area contributed by atoms with Crippen LogP contribution in [-0.2, 0) is 24.3 Å². The number of nitrogens with zero attached hydrogens (tertiary/aromatic N) is 2. The zero-order valence-corrected chi connectivity index (χ0v) is 18.4. The number of hydrogen-bond acceptors (Lipinski definition) is 7. The van der Waals surface area contributed by atoms with Gasteiger partial charge in [-0.05, 0) is 32.5 Å². The third-order valence-electron chi connectivity index (χ3n) is 3.61. The van der Waals surface area contributed by atoms with Crippen LogP contribution in [0.5, 0.6) is 0 Å². The Morgan fingerprint density at radius 1 is 1.39 bits per heavy atom. The number of rotatable bonds is 9. The Kier molecular flexibility index (Phi) is 9.02. The highest BCUT2D eigenvalue weighted by atomic mass is 35.5. The lowest BCUT2D eigenvalue weighted by molar-refractivity contribution is -0.141. The first-order chi connectivity index (χ1) is 12.9. The molecule has 1 rings (SSSR count). The normalized spacial score (nSPS) is 15.7. The number of carbonyl (C=O) groups is 3. The van der Waals surface area contributed by atoms with E-state index >= 15 is 0 Å². The second kappa shape index (κ2) is 10.3. The van der Waals surface area contributed by atoms with Crippen molar-refractivity contribution >= 4 is 50.6 Å². The van der Waals surface area contributed by atoms with E-state index in [0.717, 1.165) is 11.3 Å². The summed E-state index contributed by atoms with van der Waals surface area (Å²) in [5.41, 5.74) is 5.82. The molecule has 0 saturated heterocycles. The molecule has 0 aliphatic heterocycles. The molecule has 0 saturated carbocycles. The number of halogens is 1. The van der Waals surface area contributed by atoms with Crippen LogP contribution in [0.3, 0.4) is 0 Å². The summed E-state index contributed by atoms with van der Waals surface area (Å²) >= 11 is 6.85. The summed E-state index contributed by atoms with van der Waals surface area (Å²) in [7, 11) is -0.707. The lowest BCUT2D eigenvalue weighted by atomic mass is 10.0. The van der Waals surface area contributed by atoms with Crippen LogP contribution in [0.2, 0.25) is 5.02 Å². The van der Waals surface area contributed by atoms with Crippen molar-refractivity contribution in [2.75, 3.05) is 14.1 Å². The van der Waals surface area contributed by atoms with E-state index in [9.17, 15) is 18.6 Å². The van der Waals surface area contributed by atoms with E-state index in [0.29, 0.717) is 6.42 Å². The molecule has 0 aromatic carbocycles. The lowest BCUT2D eigenvalue weighted by Gasteiger charge is -2.22. The van der Waals surface area contributed by atoms with E-state index in [4.69, 9.17) is 22.4 Å². The molecular weight excluding hydrogens is 428 g/mol. The van der Waals surface area contributed by atoms with E-state index in [2.05, 4.69) is 9.08 Å². The van der Waals surface area contributed by atoms with Crippen molar-refractivity contribution in [1.29, 1.82) is 0 Å². The second-order valence-corrected chi connectivity index (χ2v) is 10.3. The van der Waals surface area contributed by atoms with Crippen molar-refractivity contribution in [3.8, 4) is 0 Å². The number of aliphatic carboxylic acids is 1. The van der Waals surface area contributed by atoms with E-state index < -0.39 is 46.2 Å². The molecule has 1 aromatic rings. The van der Waals surface area contributed by atoms with Gasteiger partial charge in [0.2, 0.25) is 5.91 Å². The molecule has 0 fully saturated rings. The van der Waals surface area contributed by atoms with Gasteiger partial charge in [-0.3, -0.25) is 24.0 Å². The van der Waals surface area contributed by atoms with Gasteiger partial charge >= 0.3 is 5.97 Å². The Hall–Kier alpha value is -1.53. The van der Waals surface area contributed by atoms with Crippen molar-refractivity contribution in [3.63, 3.8) is 0 Å². The highest BCUT2D eigenvalue weighted by Crippen LogP contribution is 2.25. The van der Waals surface area contributed by atoms with Crippen molar-refractivity contribution < 1.29 is 23.7 Å². The quantitative estimate of drug-likeness (QED) is 0.516. The van der Waals surface area contributed by atoms with Crippen molar-refractivity contribution in [1.82, 2.24) is 9.62 Å². The molecule has 0 radical (unpaired) electrons. The Morgan fingerprint density at radius 2 is 2.00 bits per heavy atom. The highest BCUT2D eigenvalue weighted by Gasteiger charge is 2.29. The van der Waals surface area contributed by atoms with E-state index in [1.165, 1.54) is 30.4 Å². The number of nitrogens with one attached hydrogen (secondary N) is 1. The molecule has 3 unspecified atom stereocenters. The smallest absolute Gasteiger partial charge is 0.305 e. The molecule has 1 aromatic heterocycles. The van der Waals surface area contributed by atoms with Gasteiger partial charge < -0.3 is 10.8 Å². The van der Waals surface area contributed by atoms with E-state index in [-0.39, 0.29) is 15.1 Å². The molecule has 0 aliphatic carbocycles. The fourth-order valence-electron chi connectivity index (χ4n) is 2.24. The number of carboxylic acids is 1. The summed E-state index contributed by atoms with van der Waals surface area (Å²) in [5.74, 6) is -2.74. The van der Waals surface area contributed by atoms with E-state index in [1.807, 2.05) is 13.8 Å². The predicted octanol–water partition coefficient (Wildman–Crippen LogP) is 1.56. The number of carboxylic acid groups (broad SMARTS) is 1. The Morgan fingerprint density at radius 3 is 2.43 bits per heavy atom. The van der Waals surface area contributed by atoms with Gasteiger partial charge in [-0.2, -0.15) is 0 Å². The molecule has 28 heavy (non-hydrogen) atoms. The number of thiophene rings is 1. The van der Waals surface area contributed by atoms with Crippen molar-refractivity contribution in [2.24, 2.45) is 16.0 Å². The van der Waals surface area contributed by atoms with Gasteiger partial charge in [0.1, 0.15) is 10.3 Å². The van der Waals surface area contributed by atoms with Crippen molar-refractivity contribution in [2.45, 2.75) is 43.0 Å². The first kappa shape index (κ1) is 24.5. The maximum Gasteiger partial charge on any atom is 0.305 e.